The summed E-state index contributed by atoms with van der Waals surface area (Å²) < 4.78 is 12.5. The second kappa shape index (κ2) is 5.93. The normalized spacial score (nSPS) is 11.0. The van der Waals surface area contributed by atoms with Gasteiger partial charge in [0, 0.05) is 12.7 Å². The lowest BCUT2D eigenvalue weighted by Gasteiger charge is -2.01. The lowest BCUT2D eigenvalue weighted by molar-refractivity contribution is 0.185. The van der Waals surface area contributed by atoms with Crippen molar-refractivity contribution in [1.29, 1.82) is 0 Å². The number of aromatic nitrogens is 3. The molecule has 0 radical (unpaired) electrons. The zero-order valence-electron chi connectivity index (χ0n) is 12.1. The molecule has 5 heteroatoms. The molecule has 0 unspecified atom stereocenters. The van der Waals surface area contributed by atoms with E-state index in [1.807, 2.05) is 43.5 Å². The zero-order valence-corrected chi connectivity index (χ0v) is 12.1. The molecule has 0 aliphatic carbocycles. The Bertz CT molecular complexity index is 730. The molecule has 0 bridgehead atoms. The molecule has 0 fully saturated rings. The maximum absolute atomic E-state index is 5.55. The van der Waals surface area contributed by atoms with Crippen molar-refractivity contribution in [2.75, 3.05) is 7.11 Å². The van der Waals surface area contributed by atoms with Crippen LogP contribution >= 0.6 is 0 Å². The van der Waals surface area contributed by atoms with Crippen LogP contribution in [-0.4, -0.2) is 22.1 Å². The summed E-state index contributed by atoms with van der Waals surface area (Å²) in [6.07, 6.45) is 1.92. The predicted molar refractivity (Wildman–Crippen MR) is 78.7 cm³/mol. The number of furan rings is 1. The van der Waals surface area contributed by atoms with Crippen molar-refractivity contribution in [3.05, 3.63) is 59.7 Å². The van der Waals surface area contributed by atoms with E-state index in [1.54, 1.807) is 11.8 Å². The first kappa shape index (κ1) is 13.6. The van der Waals surface area contributed by atoms with Crippen LogP contribution < -0.4 is 0 Å². The van der Waals surface area contributed by atoms with Gasteiger partial charge in [-0.25, -0.2) is 4.68 Å². The molecule has 0 spiro atoms. The summed E-state index contributed by atoms with van der Waals surface area (Å²) in [6.45, 7) is 3.10. The second-order valence-corrected chi connectivity index (χ2v) is 4.95. The number of benzene rings is 1. The summed E-state index contributed by atoms with van der Waals surface area (Å²) in [5, 5.41) is 8.37. The summed E-state index contributed by atoms with van der Waals surface area (Å²) in [5.74, 6) is 1.77. The maximum atomic E-state index is 5.55. The minimum atomic E-state index is 0.582. The van der Waals surface area contributed by atoms with E-state index in [0.29, 0.717) is 13.2 Å². The van der Waals surface area contributed by atoms with Gasteiger partial charge >= 0.3 is 0 Å². The van der Waals surface area contributed by atoms with Crippen molar-refractivity contribution in [3.63, 3.8) is 0 Å². The predicted octanol–water partition coefficient (Wildman–Crippen LogP) is 3.04. The molecule has 5 nitrogen and oxygen atoms in total. The van der Waals surface area contributed by atoms with Gasteiger partial charge in [0.15, 0.2) is 0 Å². The first-order valence-electron chi connectivity index (χ1n) is 6.78. The Morgan fingerprint density at radius 1 is 1.24 bits per heavy atom. The van der Waals surface area contributed by atoms with Gasteiger partial charge in [0.1, 0.15) is 23.8 Å². The van der Waals surface area contributed by atoms with Crippen LogP contribution in [0.4, 0.5) is 0 Å². The Kier molecular flexibility index (Phi) is 3.83. The van der Waals surface area contributed by atoms with E-state index in [-0.39, 0.29) is 0 Å². The number of ether oxygens (including phenoxy) is 1. The van der Waals surface area contributed by atoms with Gasteiger partial charge in [0.25, 0.3) is 0 Å². The highest BCUT2D eigenvalue weighted by atomic mass is 16.5. The number of methoxy groups -OCH3 is 1. The van der Waals surface area contributed by atoms with Crippen LogP contribution in [0.15, 0.2) is 47.0 Å². The summed E-state index contributed by atoms with van der Waals surface area (Å²) in [5.41, 5.74) is 2.99. The molecular weight excluding hydrogens is 266 g/mol. The van der Waals surface area contributed by atoms with Gasteiger partial charge in [0.2, 0.25) is 0 Å². The fraction of sp³-hybridized carbons (Fsp3) is 0.250. The number of nitrogens with zero attached hydrogens (tertiary/aromatic N) is 3. The summed E-state index contributed by atoms with van der Waals surface area (Å²) >= 11 is 0. The molecule has 0 aliphatic heterocycles. The van der Waals surface area contributed by atoms with Crippen LogP contribution in [0.25, 0.3) is 11.3 Å². The SMILES string of the molecule is COCc1cccc(-c2cn(Cc3ccc(C)o3)nn2)c1. The Morgan fingerprint density at radius 3 is 2.90 bits per heavy atom. The van der Waals surface area contributed by atoms with Crippen LogP contribution in [0.2, 0.25) is 0 Å². The van der Waals surface area contributed by atoms with Gasteiger partial charge in [-0.1, -0.05) is 23.4 Å². The molecule has 0 N–H and O–H groups in total. The molecule has 0 amide bonds. The third-order valence-electron chi connectivity index (χ3n) is 3.19. The fourth-order valence-electron chi connectivity index (χ4n) is 2.22. The van der Waals surface area contributed by atoms with Gasteiger partial charge < -0.3 is 9.15 Å². The fourth-order valence-corrected chi connectivity index (χ4v) is 2.22. The molecule has 3 rings (SSSR count). The molecule has 0 saturated heterocycles. The molecule has 21 heavy (non-hydrogen) atoms. The quantitative estimate of drug-likeness (QED) is 0.722. The monoisotopic (exact) mass is 283 g/mol. The summed E-state index contributed by atoms with van der Waals surface area (Å²) in [6, 6.07) is 12.0. The van der Waals surface area contributed by atoms with E-state index in [4.69, 9.17) is 9.15 Å². The summed E-state index contributed by atoms with van der Waals surface area (Å²) in [4.78, 5) is 0. The lowest BCUT2D eigenvalue weighted by atomic mass is 10.1. The Morgan fingerprint density at radius 2 is 2.14 bits per heavy atom. The highest BCUT2D eigenvalue weighted by Gasteiger charge is 2.07. The van der Waals surface area contributed by atoms with Crippen LogP contribution in [0.5, 0.6) is 0 Å². The average Bonchev–Trinajstić information content (AvgIpc) is 3.10. The van der Waals surface area contributed by atoms with E-state index >= 15 is 0 Å². The second-order valence-electron chi connectivity index (χ2n) is 4.95. The number of rotatable bonds is 5. The molecule has 1 aromatic carbocycles. The third-order valence-corrected chi connectivity index (χ3v) is 3.19. The maximum Gasteiger partial charge on any atom is 0.125 e. The van der Waals surface area contributed by atoms with Crippen molar-refractivity contribution in [1.82, 2.24) is 15.0 Å². The Hall–Kier alpha value is -2.40. The smallest absolute Gasteiger partial charge is 0.125 e. The zero-order chi connectivity index (χ0) is 14.7. The first-order valence-corrected chi connectivity index (χ1v) is 6.78. The molecule has 0 aliphatic rings. The average molecular weight is 283 g/mol. The number of hydrogen-bond donors (Lipinski definition) is 0. The first-order chi connectivity index (χ1) is 10.2. The highest BCUT2D eigenvalue weighted by molar-refractivity contribution is 5.58. The highest BCUT2D eigenvalue weighted by Crippen LogP contribution is 2.18. The topological polar surface area (TPSA) is 53.1 Å². The van der Waals surface area contributed by atoms with E-state index in [2.05, 4.69) is 16.4 Å². The van der Waals surface area contributed by atoms with Gasteiger partial charge in [-0.2, -0.15) is 0 Å². The molecule has 0 saturated carbocycles. The van der Waals surface area contributed by atoms with Crippen molar-refractivity contribution in [2.45, 2.75) is 20.1 Å². The third kappa shape index (κ3) is 3.20. The standard InChI is InChI=1S/C16H17N3O2/c1-12-6-7-15(21-12)9-19-10-16(17-18-19)14-5-3-4-13(8-14)11-20-2/h3-8,10H,9,11H2,1-2H3. The molecule has 0 atom stereocenters. The summed E-state index contributed by atoms with van der Waals surface area (Å²) in [7, 11) is 1.69. The molecular formula is C16H17N3O2. The molecule has 108 valence electrons. The van der Waals surface area contributed by atoms with Gasteiger partial charge in [-0.05, 0) is 30.7 Å². The van der Waals surface area contributed by atoms with Crippen molar-refractivity contribution < 1.29 is 9.15 Å². The largest absolute Gasteiger partial charge is 0.464 e. The molecule has 2 aromatic heterocycles. The van der Waals surface area contributed by atoms with E-state index < -0.39 is 0 Å². The van der Waals surface area contributed by atoms with Crippen molar-refractivity contribution in [2.24, 2.45) is 0 Å². The minimum absolute atomic E-state index is 0.582. The van der Waals surface area contributed by atoms with Crippen LogP contribution in [-0.2, 0) is 17.9 Å². The van der Waals surface area contributed by atoms with Crippen LogP contribution in [0.3, 0.4) is 0 Å². The van der Waals surface area contributed by atoms with Gasteiger partial charge in [0.05, 0.1) is 12.8 Å². The Labute approximate surface area is 123 Å². The van der Waals surface area contributed by atoms with Gasteiger partial charge in [-0.15, -0.1) is 5.10 Å². The minimum Gasteiger partial charge on any atom is -0.464 e. The lowest BCUT2D eigenvalue weighted by Crippen LogP contribution is -1.98. The van der Waals surface area contributed by atoms with Gasteiger partial charge in [-0.3, -0.25) is 0 Å². The van der Waals surface area contributed by atoms with Crippen LogP contribution in [0.1, 0.15) is 17.1 Å². The molecule has 2 heterocycles. The van der Waals surface area contributed by atoms with E-state index in [1.165, 1.54) is 0 Å². The Balaban J connectivity index is 1.79. The number of aryl methyl sites for hydroxylation is 1. The van der Waals surface area contributed by atoms with Crippen molar-refractivity contribution in [3.8, 4) is 11.3 Å². The number of hydrogen-bond acceptors (Lipinski definition) is 4. The van der Waals surface area contributed by atoms with E-state index in [0.717, 1.165) is 28.3 Å². The molecule has 3 aromatic rings. The van der Waals surface area contributed by atoms with E-state index in [9.17, 15) is 0 Å². The van der Waals surface area contributed by atoms with Crippen molar-refractivity contribution >= 4 is 0 Å². The van der Waals surface area contributed by atoms with Crippen LogP contribution in [0, 0.1) is 6.92 Å².